The highest BCUT2D eigenvalue weighted by Gasteiger charge is 2.24. The molecule has 3 rings (SSSR count). The topological polar surface area (TPSA) is 50.6 Å². The largest absolute Gasteiger partial charge is 0.496 e. The number of carbonyl (C=O) groups excluding carboxylic acids is 1. The molecular formula is C18H24N4O2. The molecule has 0 saturated carbocycles. The Balaban J connectivity index is 1.61. The minimum Gasteiger partial charge on any atom is -0.496 e. The van der Waals surface area contributed by atoms with Crippen LogP contribution in [0, 0.1) is 6.92 Å². The fourth-order valence-electron chi connectivity index (χ4n) is 3.16. The predicted molar refractivity (Wildman–Crippen MR) is 92.1 cm³/mol. The van der Waals surface area contributed by atoms with Gasteiger partial charge in [0.15, 0.2) is 0 Å². The second-order valence-corrected chi connectivity index (χ2v) is 6.22. The molecule has 0 unspecified atom stereocenters. The van der Waals surface area contributed by atoms with Gasteiger partial charge in [-0.1, -0.05) is 6.07 Å². The SMILES string of the molecule is COc1cccc(C(=O)N2CCN(Cc3cnn(C)c3)CC2)c1C. The molecule has 0 aliphatic carbocycles. The first-order valence-corrected chi connectivity index (χ1v) is 8.21. The maximum absolute atomic E-state index is 12.8. The van der Waals surface area contributed by atoms with Crippen LogP contribution in [0.2, 0.25) is 0 Å². The summed E-state index contributed by atoms with van der Waals surface area (Å²) in [5.74, 6) is 0.850. The fourth-order valence-corrected chi connectivity index (χ4v) is 3.16. The summed E-state index contributed by atoms with van der Waals surface area (Å²) in [5, 5.41) is 4.20. The van der Waals surface area contributed by atoms with E-state index in [0.717, 1.165) is 49.6 Å². The second-order valence-electron chi connectivity index (χ2n) is 6.22. The number of hydrogen-bond donors (Lipinski definition) is 0. The quantitative estimate of drug-likeness (QED) is 0.857. The molecule has 0 radical (unpaired) electrons. The number of rotatable bonds is 4. The Kier molecular flexibility index (Phi) is 4.85. The highest BCUT2D eigenvalue weighted by molar-refractivity contribution is 5.96. The summed E-state index contributed by atoms with van der Waals surface area (Å²) < 4.78 is 7.14. The maximum Gasteiger partial charge on any atom is 0.254 e. The zero-order valence-corrected chi connectivity index (χ0v) is 14.5. The molecule has 128 valence electrons. The molecule has 1 amide bonds. The third-order valence-corrected chi connectivity index (χ3v) is 4.56. The van der Waals surface area contributed by atoms with Crippen molar-refractivity contribution >= 4 is 5.91 Å². The first-order chi connectivity index (χ1) is 11.6. The number of nitrogens with zero attached hydrogens (tertiary/aromatic N) is 4. The van der Waals surface area contributed by atoms with E-state index in [-0.39, 0.29) is 5.91 Å². The smallest absolute Gasteiger partial charge is 0.254 e. The molecule has 0 bridgehead atoms. The number of methoxy groups -OCH3 is 1. The molecule has 6 nitrogen and oxygen atoms in total. The van der Waals surface area contributed by atoms with Crippen LogP contribution in [0.3, 0.4) is 0 Å². The van der Waals surface area contributed by atoms with Crippen LogP contribution in [0.25, 0.3) is 0 Å². The van der Waals surface area contributed by atoms with Gasteiger partial charge >= 0.3 is 0 Å². The van der Waals surface area contributed by atoms with Crippen molar-refractivity contribution in [2.24, 2.45) is 7.05 Å². The number of hydrogen-bond acceptors (Lipinski definition) is 4. The van der Waals surface area contributed by atoms with Crippen molar-refractivity contribution in [2.45, 2.75) is 13.5 Å². The molecular weight excluding hydrogens is 304 g/mol. The number of aryl methyl sites for hydroxylation is 1. The summed E-state index contributed by atoms with van der Waals surface area (Å²) >= 11 is 0. The first kappa shape index (κ1) is 16.5. The summed E-state index contributed by atoms with van der Waals surface area (Å²) in [6, 6.07) is 5.64. The van der Waals surface area contributed by atoms with E-state index in [1.54, 1.807) is 7.11 Å². The number of piperazine rings is 1. The van der Waals surface area contributed by atoms with Gasteiger partial charge in [-0.3, -0.25) is 14.4 Å². The van der Waals surface area contributed by atoms with Gasteiger partial charge in [0.25, 0.3) is 5.91 Å². The Morgan fingerprint density at radius 2 is 2.00 bits per heavy atom. The van der Waals surface area contributed by atoms with Gasteiger partial charge in [-0.15, -0.1) is 0 Å². The van der Waals surface area contributed by atoms with E-state index in [1.807, 2.05) is 54.1 Å². The predicted octanol–water partition coefficient (Wildman–Crippen LogP) is 1.70. The van der Waals surface area contributed by atoms with E-state index in [2.05, 4.69) is 10.00 Å². The Morgan fingerprint density at radius 3 is 2.62 bits per heavy atom. The van der Waals surface area contributed by atoms with Crippen LogP contribution in [0.1, 0.15) is 21.5 Å². The molecule has 2 heterocycles. The molecule has 2 aromatic rings. The number of carbonyl (C=O) groups is 1. The number of ether oxygens (including phenoxy) is 1. The third kappa shape index (κ3) is 3.43. The Labute approximate surface area is 142 Å². The summed E-state index contributed by atoms with van der Waals surface area (Å²) in [7, 11) is 3.56. The van der Waals surface area contributed by atoms with E-state index in [0.29, 0.717) is 0 Å². The minimum atomic E-state index is 0.0902. The van der Waals surface area contributed by atoms with Crippen LogP contribution in [-0.2, 0) is 13.6 Å². The highest BCUT2D eigenvalue weighted by atomic mass is 16.5. The molecule has 1 aliphatic rings. The van der Waals surface area contributed by atoms with Crippen molar-refractivity contribution in [1.82, 2.24) is 19.6 Å². The molecule has 1 saturated heterocycles. The lowest BCUT2D eigenvalue weighted by Crippen LogP contribution is -2.48. The van der Waals surface area contributed by atoms with E-state index in [1.165, 1.54) is 5.56 Å². The fraction of sp³-hybridized carbons (Fsp3) is 0.444. The van der Waals surface area contributed by atoms with Crippen LogP contribution in [0.15, 0.2) is 30.6 Å². The Bertz CT molecular complexity index is 718. The van der Waals surface area contributed by atoms with Gasteiger partial charge in [0.1, 0.15) is 5.75 Å². The van der Waals surface area contributed by atoms with Crippen molar-refractivity contribution < 1.29 is 9.53 Å². The summed E-state index contributed by atoms with van der Waals surface area (Å²) in [5.41, 5.74) is 2.85. The number of benzene rings is 1. The normalized spacial score (nSPS) is 15.5. The molecule has 0 N–H and O–H groups in total. The molecule has 0 spiro atoms. The van der Waals surface area contributed by atoms with Gasteiger partial charge < -0.3 is 9.64 Å². The average Bonchev–Trinajstić information content (AvgIpc) is 3.00. The zero-order valence-electron chi connectivity index (χ0n) is 14.5. The Hall–Kier alpha value is -2.34. The molecule has 1 aliphatic heterocycles. The molecule has 1 aromatic carbocycles. The standard InChI is InChI=1S/C18H24N4O2/c1-14-16(5-4-6-17(14)24-3)18(23)22-9-7-21(8-10-22)13-15-11-19-20(2)12-15/h4-6,11-12H,7-10,13H2,1-3H3. The van der Waals surface area contributed by atoms with E-state index >= 15 is 0 Å². The summed E-state index contributed by atoms with van der Waals surface area (Å²) in [4.78, 5) is 17.1. The third-order valence-electron chi connectivity index (χ3n) is 4.56. The van der Waals surface area contributed by atoms with Gasteiger partial charge in [0.2, 0.25) is 0 Å². The lowest BCUT2D eigenvalue weighted by molar-refractivity contribution is 0.0627. The van der Waals surface area contributed by atoms with Gasteiger partial charge in [-0.2, -0.15) is 5.10 Å². The van der Waals surface area contributed by atoms with Crippen molar-refractivity contribution in [3.63, 3.8) is 0 Å². The van der Waals surface area contributed by atoms with Gasteiger partial charge in [0.05, 0.1) is 13.3 Å². The average molecular weight is 328 g/mol. The maximum atomic E-state index is 12.8. The first-order valence-electron chi connectivity index (χ1n) is 8.21. The molecule has 24 heavy (non-hydrogen) atoms. The van der Waals surface area contributed by atoms with Crippen LogP contribution in [0.4, 0.5) is 0 Å². The van der Waals surface area contributed by atoms with E-state index in [4.69, 9.17) is 4.74 Å². The zero-order chi connectivity index (χ0) is 17.1. The van der Waals surface area contributed by atoms with Crippen molar-refractivity contribution in [1.29, 1.82) is 0 Å². The van der Waals surface area contributed by atoms with Gasteiger partial charge in [-0.25, -0.2) is 0 Å². The molecule has 1 aromatic heterocycles. The molecule has 0 atom stereocenters. The van der Waals surface area contributed by atoms with Crippen LogP contribution >= 0.6 is 0 Å². The van der Waals surface area contributed by atoms with Crippen molar-refractivity contribution in [2.75, 3.05) is 33.3 Å². The monoisotopic (exact) mass is 328 g/mol. The van der Waals surface area contributed by atoms with Gasteiger partial charge in [0, 0.05) is 62.7 Å². The van der Waals surface area contributed by atoms with Crippen LogP contribution in [-0.4, -0.2) is 58.8 Å². The van der Waals surface area contributed by atoms with Crippen molar-refractivity contribution in [3.8, 4) is 5.75 Å². The van der Waals surface area contributed by atoms with Crippen LogP contribution < -0.4 is 4.74 Å². The number of amides is 1. The summed E-state index contributed by atoms with van der Waals surface area (Å²) in [6.07, 6.45) is 3.94. The lowest BCUT2D eigenvalue weighted by atomic mass is 10.1. The van der Waals surface area contributed by atoms with Gasteiger partial charge in [-0.05, 0) is 19.1 Å². The summed E-state index contributed by atoms with van der Waals surface area (Å²) in [6.45, 7) is 6.07. The van der Waals surface area contributed by atoms with E-state index in [9.17, 15) is 4.79 Å². The minimum absolute atomic E-state index is 0.0902. The molecule has 6 heteroatoms. The number of aromatic nitrogens is 2. The van der Waals surface area contributed by atoms with E-state index < -0.39 is 0 Å². The molecule has 1 fully saturated rings. The highest BCUT2D eigenvalue weighted by Crippen LogP contribution is 2.22. The van der Waals surface area contributed by atoms with Crippen molar-refractivity contribution in [3.05, 3.63) is 47.3 Å². The Morgan fingerprint density at radius 1 is 1.25 bits per heavy atom. The van der Waals surface area contributed by atoms with Crippen LogP contribution in [0.5, 0.6) is 5.75 Å². The second kappa shape index (κ2) is 7.05. The lowest BCUT2D eigenvalue weighted by Gasteiger charge is -2.34.